The maximum atomic E-state index is 8.97. The third-order valence-electron chi connectivity index (χ3n) is 3.40. The summed E-state index contributed by atoms with van der Waals surface area (Å²) in [6.07, 6.45) is 4.13. The molecule has 2 aromatic rings. The Bertz CT molecular complexity index is 528. The van der Waals surface area contributed by atoms with Gasteiger partial charge in [0.15, 0.2) is 0 Å². The van der Waals surface area contributed by atoms with Gasteiger partial charge in [-0.15, -0.1) is 0 Å². The fourth-order valence-corrected chi connectivity index (χ4v) is 2.43. The van der Waals surface area contributed by atoms with Gasteiger partial charge in [0.1, 0.15) is 5.65 Å². The number of likely N-dealkylation sites (tertiary alicyclic amines) is 1. The van der Waals surface area contributed by atoms with Gasteiger partial charge in [-0.3, -0.25) is 4.90 Å². The molecule has 17 heavy (non-hydrogen) atoms. The Morgan fingerprint density at radius 1 is 1.47 bits per heavy atom. The molecular formula is C13H17N3O. The number of rotatable bonds is 3. The molecule has 4 heteroatoms. The van der Waals surface area contributed by atoms with Crippen molar-refractivity contribution < 1.29 is 5.11 Å². The smallest absolute Gasteiger partial charge is 0.139 e. The maximum Gasteiger partial charge on any atom is 0.139 e. The van der Waals surface area contributed by atoms with Crippen LogP contribution in [0.3, 0.4) is 0 Å². The molecule has 0 saturated carbocycles. The average Bonchev–Trinajstić information content (AvgIpc) is 2.67. The number of hydrogen-bond acceptors (Lipinski definition) is 3. The zero-order chi connectivity index (χ0) is 11.8. The van der Waals surface area contributed by atoms with Gasteiger partial charge in [0.2, 0.25) is 0 Å². The van der Waals surface area contributed by atoms with Crippen LogP contribution in [0, 0.1) is 12.8 Å². The molecule has 1 N–H and O–H groups in total. The van der Waals surface area contributed by atoms with Crippen molar-refractivity contribution in [3.63, 3.8) is 0 Å². The Morgan fingerprint density at radius 3 is 3.00 bits per heavy atom. The minimum atomic E-state index is 0.306. The molecule has 1 aliphatic heterocycles. The highest BCUT2D eigenvalue weighted by atomic mass is 16.3. The number of nitrogens with zero attached hydrogens (tertiary/aromatic N) is 3. The minimum absolute atomic E-state index is 0.306. The van der Waals surface area contributed by atoms with Crippen molar-refractivity contribution in [3.05, 3.63) is 35.8 Å². The number of pyridine rings is 1. The van der Waals surface area contributed by atoms with Gasteiger partial charge in [0, 0.05) is 44.6 Å². The van der Waals surface area contributed by atoms with Crippen LogP contribution in [0.2, 0.25) is 0 Å². The number of aliphatic hydroxyl groups excluding tert-OH is 1. The van der Waals surface area contributed by atoms with Gasteiger partial charge in [-0.05, 0) is 18.6 Å². The molecule has 0 amide bonds. The van der Waals surface area contributed by atoms with E-state index in [4.69, 9.17) is 5.11 Å². The van der Waals surface area contributed by atoms with Crippen molar-refractivity contribution in [2.24, 2.45) is 5.92 Å². The van der Waals surface area contributed by atoms with Crippen molar-refractivity contribution in [3.8, 4) is 0 Å². The van der Waals surface area contributed by atoms with Crippen LogP contribution in [0.5, 0.6) is 0 Å². The van der Waals surface area contributed by atoms with E-state index in [0.29, 0.717) is 12.5 Å². The predicted molar refractivity (Wildman–Crippen MR) is 65.8 cm³/mol. The van der Waals surface area contributed by atoms with E-state index in [9.17, 15) is 0 Å². The summed E-state index contributed by atoms with van der Waals surface area (Å²) < 4.78 is 2.08. The fraction of sp³-hybridized carbons (Fsp3) is 0.462. The van der Waals surface area contributed by atoms with Crippen LogP contribution >= 0.6 is 0 Å². The number of aryl methyl sites for hydroxylation is 1. The normalized spacial score (nSPS) is 17.5. The van der Waals surface area contributed by atoms with E-state index >= 15 is 0 Å². The summed E-state index contributed by atoms with van der Waals surface area (Å²) in [6, 6.07) is 4.12. The second-order valence-electron chi connectivity index (χ2n) is 4.90. The Morgan fingerprint density at radius 2 is 2.29 bits per heavy atom. The minimum Gasteiger partial charge on any atom is -0.396 e. The van der Waals surface area contributed by atoms with Crippen LogP contribution in [0.1, 0.15) is 11.3 Å². The molecule has 0 unspecified atom stereocenters. The maximum absolute atomic E-state index is 8.97. The highest BCUT2D eigenvalue weighted by molar-refractivity contribution is 5.47. The van der Waals surface area contributed by atoms with Gasteiger partial charge >= 0.3 is 0 Å². The molecule has 1 saturated heterocycles. The first-order valence-electron chi connectivity index (χ1n) is 6.02. The molecule has 0 aliphatic carbocycles. The second-order valence-corrected chi connectivity index (χ2v) is 4.90. The summed E-state index contributed by atoms with van der Waals surface area (Å²) in [4.78, 5) is 6.96. The van der Waals surface area contributed by atoms with Crippen molar-refractivity contribution >= 4 is 5.65 Å². The van der Waals surface area contributed by atoms with E-state index in [1.54, 1.807) is 0 Å². The number of aromatic nitrogens is 2. The van der Waals surface area contributed by atoms with Crippen LogP contribution in [0.4, 0.5) is 0 Å². The third kappa shape index (κ3) is 1.94. The molecule has 90 valence electrons. The number of fused-ring (bicyclic) bond motifs is 1. The van der Waals surface area contributed by atoms with Crippen molar-refractivity contribution in [2.75, 3.05) is 19.7 Å². The molecule has 0 bridgehead atoms. The first-order valence-corrected chi connectivity index (χ1v) is 6.02. The van der Waals surface area contributed by atoms with E-state index in [1.807, 2.05) is 12.3 Å². The number of aliphatic hydroxyl groups is 1. The zero-order valence-corrected chi connectivity index (χ0v) is 10.0. The molecule has 0 aromatic carbocycles. The Kier molecular flexibility index (Phi) is 2.61. The molecule has 2 aromatic heterocycles. The zero-order valence-electron chi connectivity index (χ0n) is 10.0. The van der Waals surface area contributed by atoms with Gasteiger partial charge in [0.05, 0.1) is 5.69 Å². The van der Waals surface area contributed by atoms with E-state index in [1.165, 1.54) is 5.56 Å². The largest absolute Gasteiger partial charge is 0.396 e. The first-order chi connectivity index (χ1) is 8.26. The van der Waals surface area contributed by atoms with Gasteiger partial charge < -0.3 is 9.51 Å². The molecule has 4 nitrogen and oxygen atoms in total. The number of hydrogen-bond donors (Lipinski definition) is 1. The van der Waals surface area contributed by atoms with Crippen molar-refractivity contribution in [1.82, 2.24) is 14.3 Å². The van der Waals surface area contributed by atoms with E-state index in [2.05, 4.69) is 33.5 Å². The van der Waals surface area contributed by atoms with Crippen molar-refractivity contribution in [1.29, 1.82) is 0 Å². The van der Waals surface area contributed by atoms with Crippen LogP contribution < -0.4 is 0 Å². The van der Waals surface area contributed by atoms with E-state index in [-0.39, 0.29) is 0 Å². The first kappa shape index (κ1) is 10.7. The fourth-order valence-electron chi connectivity index (χ4n) is 2.43. The van der Waals surface area contributed by atoms with Crippen LogP contribution in [0.15, 0.2) is 24.5 Å². The molecule has 3 rings (SSSR count). The lowest BCUT2D eigenvalue weighted by molar-refractivity contribution is 0.0471. The topological polar surface area (TPSA) is 40.8 Å². The van der Waals surface area contributed by atoms with Gasteiger partial charge in [0.25, 0.3) is 0 Å². The predicted octanol–water partition coefficient (Wildman–Crippen LogP) is 1.07. The number of imidazole rings is 1. The summed E-state index contributed by atoms with van der Waals surface area (Å²) in [5, 5.41) is 8.97. The molecule has 1 fully saturated rings. The van der Waals surface area contributed by atoms with Gasteiger partial charge in [-0.25, -0.2) is 4.98 Å². The van der Waals surface area contributed by atoms with Gasteiger partial charge in [-0.2, -0.15) is 0 Å². The SMILES string of the molecule is Cc1cccn2cc(CN3CC(CO)C3)nc12. The summed E-state index contributed by atoms with van der Waals surface area (Å²) in [5.74, 6) is 0.466. The summed E-state index contributed by atoms with van der Waals surface area (Å²) in [7, 11) is 0. The van der Waals surface area contributed by atoms with Crippen LogP contribution in [-0.4, -0.2) is 39.1 Å². The Labute approximate surface area is 101 Å². The Hall–Kier alpha value is -1.39. The second kappa shape index (κ2) is 4.13. The lowest BCUT2D eigenvalue weighted by Crippen LogP contribution is -2.47. The summed E-state index contributed by atoms with van der Waals surface area (Å²) in [6.45, 7) is 5.25. The van der Waals surface area contributed by atoms with E-state index < -0.39 is 0 Å². The summed E-state index contributed by atoms with van der Waals surface area (Å²) in [5.41, 5.74) is 3.35. The molecule has 0 radical (unpaired) electrons. The third-order valence-corrected chi connectivity index (χ3v) is 3.40. The average molecular weight is 231 g/mol. The van der Waals surface area contributed by atoms with Crippen molar-refractivity contribution in [2.45, 2.75) is 13.5 Å². The molecule has 3 heterocycles. The summed E-state index contributed by atoms with van der Waals surface area (Å²) >= 11 is 0. The standard InChI is InChI=1S/C13H17N3O/c1-10-3-2-4-16-8-12(14-13(10)16)7-15-5-11(6-15)9-17/h2-4,8,11,17H,5-7,9H2,1H3. The monoisotopic (exact) mass is 231 g/mol. The molecule has 1 aliphatic rings. The lowest BCUT2D eigenvalue weighted by atomic mass is 10.0. The molecule has 0 atom stereocenters. The Balaban J connectivity index is 1.76. The molecular weight excluding hydrogens is 214 g/mol. The molecule has 0 spiro atoms. The van der Waals surface area contributed by atoms with Crippen LogP contribution in [0.25, 0.3) is 5.65 Å². The highest BCUT2D eigenvalue weighted by Crippen LogP contribution is 2.18. The lowest BCUT2D eigenvalue weighted by Gasteiger charge is -2.37. The van der Waals surface area contributed by atoms with Gasteiger partial charge in [-0.1, -0.05) is 6.07 Å². The quantitative estimate of drug-likeness (QED) is 0.859. The van der Waals surface area contributed by atoms with Crippen LogP contribution in [-0.2, 0) is 6.54 Å². The van der Waals surface area contributed by atoms with E-state index in [0.717, 1.165) is 31.0 Å². The highest BCUT2D eigenvalue weighted by Gasteiger charge is 2.26.